The zero-order valence-corrected chi connectivity index (χ0v) is 40.6. The first-order valence-corrected chi connectivity index (χ1v) is 23.8. The molecule has 0 amide bonds. The molecule has 0 atom stereocenters. The molecule has 0 fully saturated rings. The first-order valence-electron chi connectivity index (χ1n) is 23.8. The van der Waals surface area contributed by atoms with E-state index in [-0.39, 0.29) is 16.2 Å². The van der Waals surface area contributed by atoms with Crippen molar-refractivity contribution in [1.29, 1.82) is 0 Å². The van der Waals surface area contributed by atoms with Crippen LogP contribution in [0.5, 0.6) is 0 Å². The van der Waals surface area contributed by atoms with Gasteiger partial charge < -0.3 is 9.13 Å². The summed E-state index contributed by atoms with van der Waals surface area (Å²) in [5.41, 5.74) is 18.7. The average molecular weight is 884 g/mol. The summed E-state index contributed by atoms with van der Waals surface area (Å²) < 4.78 is 4.83. The molecular weight excluding hydrogens is 827 g/mol. The quantitative estimate of drug-likeness (QED) is 0.167. The predicted octanol–water partition coefficient (Wildman–Crippen LogP) is 16.6. The Morgan fingerprint density at radius 1 is 0.338 bits per heavy atom. The highest BCUT2D eigenvalue weighted by Gasteiger charge is 2.25. The smallest absolute Gasteiger partial charge is 0.0712 e. The lowest BCUT2D eigenvalue weighted by atomic mass is 9.82. The molecule has 0 spiro atoms. The molecule has 5 heterocycles. The molecule has 5 heteroatoms. The molecule has 0 N–H and O–H groups in total. The largest absolute Gasteiger partial charge is 0.309 e. The van der Waals surface area contributed by atoms with Gasteiger partial charge in [0.1, 0.15) is 0 Å². The number of hydrogen-bond donors (Lipinski definition) is 0. The molecule has 0 saturated heterocycles. The maximum Gasteiger partial charge on any atom is 0.0712 e. The minimum Gasteiger partial charge on any atom is -0.309 e. The molecule has 11 rings (SSSR count). The Hall–Kier alpha value is -7.63. The zero-order chi connectivity index (χ0) is 47.1. The highest BCUT2D eigenvalue weighted by Crippen LogP contribution is 2.42. The number of benzene rings is 6. The van der Waals surface area contributed by atoms with Gasteiger partial charge in [0.2, 0.25) is 0 Å². The fraction of sp³-hybridized carbons (Fsp3) is 0.190. The van der Waals surface area contributed by atoms with E-state index in [9.17, 15) is 0 Å². The fourth-order valence-corrected chi connectivity index (χ4v) is 10.2. The molecule has 0 aliphatic carbocycles. The molecule has 6 aromatic carbocycles. The topological polar surface area (TPSA) is 48.5 Å². The number of fused-ring (bicyclic) bond motifs is 6. The number of para-hydroxylation sites is 2. The minimum atomic E-state index is -0.170. The van der Waals surface area contributed by atoms with Gasteiger partial charge in [-0.05, 0) is 130 Å². The van der Waals surface area contributed by atoms with Crippen molar-refractivity contribution in [1.82, 2.24) is 24.1 Å². The van der Waals surface area contributed by atoms with Crippen molar-refractivity contribution in [2.45, 2.75) is 78.6 Å². The van der Waals surface area contributed by atoms with Crippen LogP contribution in [-0.2, 0) is 16.2 Å². The standard InChI is InChI=1S/C63H57N5/c1-61(2,3)42-25-31-60-50(37-42)46-18-11-13-23-58(46)68(60)43-26-28-47(51(38-43)62(4,5)6)55-21-16-20-54(66-55)41-32-34-65-56(36-41)48-29-27-44(39-52(48)63(7,8)9)67-57-22-12-10-17-45(57)49-35-40(24-30-59(49)67)53-19-14-15-33-64-53/h10-39H,1-9H3. The van der Waals surface area contributed by atoms with E-state index in [0.717, 1.165) is 61.9 Å². The first-order chi connectivity index (χ1) is 32.6. The van der Waals surface area contributed by atoms with Crippen molar-refractivity contribution in [2.75, 3.05) is 0 Å². The highest BCUT2D eigenvalue weighted by molar-refractivity contribution is 6.11. The maximum absolute atomic E-state index is 5.41. The third-order valence-corrected chi connectivity index (χ3v) is 13.7. The SMILES string of the molecule is CC(C)(C)c1ccc2c(c1)c1ccccc1n2-c1ccc(-c2cccc(-c3ccnc(-c4ccc(-n5c6ccccc6c6cc(-c7ccccn7)ccc65)cc4C(C)(C)C)c3)n2)c(C(C)(C)C)c1. The van der Waals surface area contributed by atoms with Crippen LogP contribution in [0.4, 0.5) is 0 Å². The molecule has 0 radical (unpaired) electrons. The lowest BCUT2D eigenvalue weighted by Gasteiger charge is -2.25. The van der Waals surface area contributed by atoms with Crippen LogP contribution in [0.2, 0.25) is 0 Å². The van der Waals surface area contributed by atoms with Crippen LogP contribution in [0.3, 0.4) is 0 Å². The summed E-state index contributed by atoms with van der Waals surface area (Å²) in [5.74, 6) is 0. The van der Waals surface area contributed by atoms with Gasteiger partial charge in [-0.2, -0.15) is 0 Å². The van der Waals surface area contributed by atoms with Crippen LogP contribution in [0.1, 0.15) is 79.0 Å². The summed E-state index contributed by atoms with van der Waals surface area (Å²) >= 11 is 0. The molecular formula is C63H57N5. The monoisotopic (exact) mass is 883 g/mol. The Morgan fingerprint density at radius 3 is 1.46 bits per heavy atom. The van der Waals surface area contributed by atoms with Crippen LogP contribution < -0.4 is 0 Å². The number of pyridine rings is 3. The molecule has 0 aliphatic rings. The number of aromatic nitrogens is 5. The predicted molar refractivity (Wildman–Crippen MR) is 286 cm³/mol. The first kappa shape index (κ1) is 43.0. The van der Waals surface area contributed by atoms with Crippen molar-refractivity contribution >= 4 is 43.6 Å². The second-order valence-corrected chi connectivity index (χ2v) is 21.4. The van der Waals surface area contributed by atoms with Gasteiger partial charge >= 0.3 is 0 Å². The minimum absolute atomic E-state index is 0.0572. The third kappa shape index (κ3) is 7.47. The summed E-state index contributed by atoms with van der Waals surface area (Å²) in [6.07, 6.45) is 3.78. The number of hydrogen-bond acceptors (Lipinski definition) is 3. The molecule has 5 aromatic heterocycles. The van der Waals surface area contributed by atoms with E-state index in [1.807, 2.05) is 24.5 Å². The van der Waals surface area contributed by atoms with Gasteiger partial charge in [-0.15, -0.1) is 0 Å². The molecule has 68 heavy (non-hydrogen) atoms. The third-order valence-electron chi connectivity index (χ3n) is 13.7. The molecule has 0 aliphatic heterocycles. The summed E-state index contributed by atoms with van der Waals surface area (Å²) in [6, 6.07) is 61.7. The van der Waals surface area contributed by atoms with Gasteiger partial charge in [0, 0.05) is 67.6 Å². The second kappa shape index (κ2) is 16.0. The summed E-state index contributed by atoms with van der Waals surface area (Å²) in [7, 11) is 0. The summed E-state index contributed by atoms with van der Waals surface area (Å²) in [6.45, 7) is 20.6. The van der Waals surface area contributed by atoms with E-state index in [1.54, 1.807) is 0 Å². The normalized spacial score (nSPS) is 12.5. The molecule has 0 saturated carbocycles. The van der Waals surface area contributed by atoms with Gasteiger partial charge in [-0.1, -0.05) is 135 Å². The van der Waals surface area contributed by atoms with Crippen molar-refractivity contribution in [3.05, 3.63) is 199 Å². The molecule has 11 aromatic rings. The fourth-order valence-electron chi connectivity index (χ4n) is 10.2. The average Bonchev–Trinajstić information content (AvgIpc) is 3.85. The van der Waals surface area contributed by atoms with Gasteiger partial charge in [0.25, 0.3) is 0 Å². The van der Waals surface area contributed by atoms with Crippen molar-refractivity contribution in [3.63, 3.8) is 0 Å². The van der Waals surface area contributed by atoms with Crippen molar-refractivity contribution in [2.24, 2.45) is 0 Å². The molecule has 0 unspecified atom stereocenters. The van der Waals surface area contributed by atoms with E-state index in [1.165, 1.54) is 54.8 Å². The lowest BCUT2D eigenvalue weighted by Crippen LogP contribution is -2.14. The Morgan fingerprint density at radius 2 is 0.853 bits per heavy atom. The van der Waals surface area contributed by atoms with Gasteiger partial charge in [-0.25, -0.2) is 4.98 Å². The van der Waals surface area contributed by atoms with E-state index >= 15 is 0 Å². The van der Waals surface area contributed by atoms with E-state index in [0.29, 0.717) is 0 Å². The van der Waals surface area contributed by atoms with Gasteiger partial charge in [0.15, 0.2) is 0 Å². The summed E-state index contributed by atoms with van der Waals surface area (Å²) in [5, 5.41) is 4.97. The van der Waals surface area contributed by atoms with Crippen LogP contribution in [0.25, 0.3) is 100 Å². The van der Waals surface area contributed by atoms with Gasteiger partial charge in [0.05, 0.1) is 44.8 Å². The Kier molecular flexibility index (Phi) is 10.1. The second-order valence-electron chi connectivity index (χ2n) is 21.4. The number of nitrogens with zero attached hydrogens (tertiary/aromatic N) is 5. The Balaban J connectivity index is 0.978. The maximum atomic E-state index is 5.41. The molecule has 0 bridgehead atoms. The van der Waals surface area contributed by atoms with Crippen molar-refractivity contribution < 1.29 is 0 Å². The van der Waals surface area contributed by atoms with Gasteiger partial charge in [-0.3, -0.25) is 9.97 Å². The van der Waals surface area contributed by atoms with Crippen LogP contribution >= 0.6 is 0 Å². The van der Waals surface area contributed by atoms with E-state index in [2.05, 4.69) is 234 Å². The molecule has 334 valence electrons. The Labute approximate surface area is 399 Å². The summed E-state index contributed by atoms with van der Waals surface area (Å²) in [4.78, 5) is 15.1. The molecule has 5 nitrogen and oxygen atoms in total. The van der Waals surface area contributed by atoms with E-state index in [4.69, 9.17) is 9.97 Å². The van der Waals surface area contributed by atoms with Crippen LogP contribution in [-0.4, -0.2) is 24.1 Å². The van der Waals surface area contributed by atoms with Crippen molar-refractivity contribution in [3.8, 4) is 56.4 Å². The van der Waals surface area contributed by atoms with Crippen LogP contribution in [0, 0.1) is 0 Å². The van der Waals surface area contributed by atoms with Crippen LogP contribution in [0.15, 0.2) is 182 Å². The zero-order valence-electron chi connectivity index (χ0n) is 40.6. The van der Waals surface area contributed by atoms with E-state index < -0.39 is 0 Å². The highest BCUT2D eigenvalue weighted by atomic mass is 15.0. The lowest BCUT2D eigenvalue weighted by molar-refractivity contribution is 0.590. The Bertz CT molecular complexity index is 3730. The number of rotatable bonds is 6.